The Hall–Kier alpha value is -1.07. The van der Waals surface area contributed by atoms with E-state index in [4.69, 9.17) is 5.73 Å². The molecular weight excluding hydrogens is 284 g/mol. The second kappa shape index (κ2) is 5.61. The molecule has 0 bridgehead atoms. The third-order valence-electron chi connectivity index (χ3n) is 5.00. The van der Waals surface area contributed by atoms with Gasteiger partial charge in [-0.2, -0.15) is 4.31 Å². The number of nitrogens with zero attached hydrogens (tertiary/aromatic N) is 1. The van der Waals surface area contributed by atoms with E-state index >= 15 is 0 Å². The quantitative estimate of drug-likeness (QED) is 0.854. The fourth-order valence-electron chi connectivity index (χ4n) is 4.02. The number of aryl methyl sites for hydroxylation is 1. The Morgan fingerprint density at radius 1 is 1.14 bits per heavy atom. The van der Waals surface area contributed by atoms with Gasteiger partial charge in [0.2, 0.25) is 10.0 Å². The molecule has 1 saturated carbocycles. The van der Waals surface area contributed by atoms with E-state index in [1.54, 1.807) is 10.4 Å². The molecule has 1 aromatic carbocycles. The fourth-order valence-corrected chi connectivity index (χ4v) is 6.10. The number of nitrogens with two attached hydrogens (primary N) is 1. The van der Waals surface area contributed by atoms with E-state index < -0.39 is 10.0 Å². The minimum Gasteiger partial charge on any atom is -0.398 e. The molecule has 1 aliphatic heterocycles. The van der Waals surface area contributed by atoms with Gasteiger partial charge in [0.15, 0.2) is 0 Å². The Morgan fingerprint density at radius 2 is 1.86 bits per heavy atom. The van der Waals surface area contributed by atoms with Crippen LogP contribution < -0.4 is 5.73 Å². The summed E-state index contributed by atoms with van der Waals surface area (Å²) in [4.78, 5) is 0.316. The number of anilines is 1. The molecule has 2 atom stereocenters. The smallest absolute Gasteiger partial charge is 0.245 e. The zero-order valence-electron chi connectivity index (χ0n) is 12.6. The molecule has 1 aromatic rings. The Balaban J connectivity index is 2.01. The van der Waals surface area contributed by atoms with Crippen LogP contribution in [-0.4, -0.2) is 25.3 Å². The Labute approximate surface area is 127 Å². The summed E-state index contributed by atoms with van der Waals surface area (Å²) in [5.74, 6) is 0.535. The van der Waals surface area contributed by atoms with Gasteiger partial charge in [-0.05, 0) is 50.2 Å². The van der Waals surface area contributed by atoms with Gasteiger partial charge in [0.1, 0.15) is 4.90 Å². The molecule has 21 heavy (non-hydrogen) atoms. The van der Waals surface area contributed by atoms with Crippen molar-refractivity contribution >= 4 is 15.7 Å². The number of nitrogen functional groups attached to an aromatic ring is 1. The zero-order valence-corrected chi connectivity index (χ0v) is 13.4. The molecule has 2 aliphatic rings. The van der Waals surface area contributed by atoms with Crippen molar-refractivity contribution in [2.45, 2.75) is 56.4 Å². The summed E-state index contributed by atoms with van der Waals surface area (Å²) in [5.41, 5.74) is 7.09. The summed E-state index contributed by atoms with van der Waals surface area (Å²) < 4.78 is 28.0. The standard InChI is InChI=1S/C16H24N2O2S/c1-12-6-4-9-14(17)16(12)21(19,20)18-11-5-8-13-7-2-3-10-15(13)18/h4,6,9,13,15H,2-3,5,7-8,10-11,17H2,1H3/t13-,15-/m1/s1. The molecule has 0 unspecified atom stereocenters. The van der Waals surface area contributed by atoms with Crippen LogP contribution in [0.4, 0.5) is 5.69 Å². The monoisotopic (exact) mass is 308 g/mol. The molecule has 0 aromatic heterocycles. The number of sulfonamides is 1. The van der Waals surface area contributed by atoms with E-state index in [0.29, 0.717) is 23.0 Å². The van der Waals surface area contributed by atoms with E-state index in [-0.39, 0.29) is 6.04 Å². The predicted molar refractivity (Wildman–Crippen MR) is 84.5 cm³/mol. The van der Waals surface area contributed by atoms with Gasteiger partial charge in [0.05, 0.1) is 5.69 Å². The summed E-state index contributed by atoms with van der Waals surface area (Å²) in [6.45, 7) is 2.46. The van der Waals surface area contributed by atoms with Crippen LogP contribution in [0.5, 0.6) is 0 Å². The van der Waals surface area contributed by atoms with Crippen LogP contribution >= 0.6 is 0 Å². The SMILES string of the molecule is Cc1cccc(N)c1S(=O)(=O)N1CCC[C@H]2CCCC[C@H]21. The highest BCUT2D eigenvalue weighted by molar-refractivity contribution is 7.89. The van der Waals surface area contributed by atoms with E-state index in [1.165, 1.54) is 19.3 Å². The Kier molecular flexibility index (Phi) is 3.97. The summed E-state index contributed by atoms with van der Waals surface area (Å²) in [7, 11) is -3.49. The first-order chi connectivity index (χ1) is 10.0. The van der Waals surface area contributed by atoms with Crippen molar-refractivity contribution in [3.63, 3.8) is 0 Å². The number of benzene rings is 1. The van der Waals surface area contributed by atoms with Crippen LogP contribution in [-0.2, 0) is 10.0 Å². The Morgan fingerprint density at radius 3 is 2.62 bits per heavy atom. The third-order valence-corrected chi connectivity index (χ3v) is 7.15. The molecule has 1 saturated heterocycles. The van der Waals surface area contributed by atoms with Crippen LogP contribution in [0, 0.1) is 12.8 Å². The van der Waals surface area contributed by atoms with Crippen molar-refractivity contribution in [3.8, 4) is 0 Å². The van der Waals surface area contributed by atoms with Crippen LogP contribution in [0.2, 0.25) is 0 Å². The van der Waals surface area contributed by atoms with E-state index in [1.807, 2.05) is 19.1 Å². The summed E-state index contributed by atoms with van der Waals surface area (Å²) >= 11 is 0. The minimum atomic E-state index is -3.49. The number of fused-ring (bicyclic) bond motifs is 1. The first-order valence-corrected chi connectivity index (χ1v) is 9.33. The number of rotatable bonds is 2. The third kappa shape index (κ3) is 2.57. The van der Waals surface area contributed by atoms with Crippen molar-refractivity contribution < 1.29 is 8.42 Å². The van der Waals surface area contributed by atoms with Crippen molar-refractivity contribution in [1.29, 1.82) is 0 Å². The molecule has 2 fully saturated rings. The summed E-state index contributed by atoms with van der Waals surface area (Å²) in [5, 5.41) is 0. The first kappa shape index (κ1) is 14.9. The van der Waals surface area contributed by atoms with Gasteiger partial charge in [-0.3, -0.25) is 0 Å². The molecule has 116 valence electrons. The highest BCUT2D eigenvalue weighted by atomic mass is 32.2. The van der Waals surface area contributed by atoms with Crippen molar-refractivity contribution in [2.75, 3.05) is 12.3 Å². The van der Waals surface area contributed by atoms with Crippen LogP contribution in [0.3, 0.4) is 0 Å². The van der Waals surface area contributed by atoms with Crippen LogP contribution in [0.25, 0.3) is 0 Å². The van der Waals surface area contributed by atoms with Gasteiger partial charge in [-0.25, -0.2) is 8.42 Å². The molecule has 1 heterocycles. The molecule has 0 amide bonds. The van der Waals surface area contributed by atoms with Gasteiger partial charge >= 0.3 is 0 Å². The highest BCUT2D eigenvalue weighted by Gasteiger charge is 2.40. The topological polar surface area (TPSA) is 63.4 Å². The second-order valence-electron chi connectivity index (χ2n) is 6.36. The first-order valence-electron chi connectivity index (χ1n) is 7.89. The molecule has 1 aliphatic carbocycles. The molecule has 5 heteroatoms. The lowest BCUT2D eigenvalue weighted by Crippen LogP contribution is -2.49. The second-order valence-corrected chi connectivity index (χ2v) is 8.19. The lowest BCUT2D eigenvalue weighted by molar-refractivity contribution is 0.129. The van der Waals surface area contributed by atoms with Crippen LogP contribution in [0.15, 0.2) is 23.1 Å². The maximum Gasteiger partial charge on any atom is 0.245 e. The van der Waals surface area contributed by atoms with Crippen LogP contribution in [0.1, 0.15) is 44.1 Å². The molecule has 0 spiro atoms. The van der Waals surface area contributed by atoms with Gasteiger partial charge in [-0.1, -0.05) is 25.0 Å². The van der Waals surface area contributed by atoms with E-state index in [9.17, 15) is 8.42 Å². The fraction of sp³-hybridized carbons (Fsp3) is 0.625. The van der Waals surface area contributed by atoms with E-state index in [0.717, 1.165) is 24.8 Å². The number of hydrogen-bond donors (Lipinski definition) is 1. The van der Waals surface area contributed by atoms with Crippen molar-refractivity contribution in [3.05, 3.63) is 23.8 Å². The van der Waals surface area contributed by atoms with Gasteiger partial charge < -0.3 is 5.73 Å². The zero-order chi connectivity index (χ0) is 15.0. The summed E-state index contributed by atoms with van der Waals surface area (Å²) in [6, 6.07) is 5.49. The lowest BCUT2D eigenvalue weighted by atomic mass is 9.79. The average molecular weight is 308 g/mol. The number of hydrogen-bond acceptors (Lipinski definition) is 3. The minimum absolute atomic E-state index is 0.177. The highest BCUT2D eigenvalue weighted by Crippen LogP contribution is 2.39. The predicted octanol–water partition coefficient (Wildman–Crippen LogP) is 2.92. The van der Waals surface area contributed by atoms with Gasteiger partial charge in [-0.15, -0.1) is 0 Å². The number of piperidine rings is 1. The van der Waals surface area contributed by atoms with E-state index in [2.05, 4.69) is 0 Å². The molecule has 0 radical (unpaired) electrons. The normalized spacial score (nSPS) is 27.3. The maximum atomic E-state index is 13.1. The molecule has 2 N–H and O–H groups in total. The summed E-state index contributed by atoms with van der Waals surface area (Å²) in [6.07, 6.45) is 6.67. The lowest BCUT2D eigenvalue weighted by Gasteiger charge is -2.43. The van der Waals surface area contributed by atoms with Gasteiger partial charge in [0.25, 0.3) is 0 Å². The molecule has 3 rings (SSSR count). The molecular formula is C16H24N2O2S. The largest absolute Gasteiger partial charge is 0.398 e. The van der Waals surface area contributed by atoms with Crippen molar-refractivity contribution in [1.82, 2.24) is 4.31 Å². The molecule has 4 nitrogen and oxygen atoms in total. The van der Waals surface area contributed by atoms with Gasteiger partial charge in [0, 0.05) is 12.6 Å². The maximum absolute atomic E-state index is 13.1. The average Bonchev–Trinajstić information content (AvgIpc) is 2.46. The van der Waals surface area contributed by atoms with Crippen molar-refractivity contribution in [2.24, 2.45) is 5.92 Å². The Bertz CT molecular complexity index is 605.